The number of carbonyl (C=O) groups excluding carboxylic acids is 1. The summed E-state index contributed by atoms with van der Waals surface area (Å²) in [6, 6.07) is 11.9. The Bertz CT molecular complexity index is 1480. The summed E-state index contributed by atoms with van der Waals surface area (Å²) < 4.78 is 110. The molecule has 0 aromatic heterocycles. The molecular formula is C28H26F6N2O5S. The summed E-state index contributed by atoms with van der Waals surface area (Å²) in [5.74, 6) is -0.538. The zero-order chi connectivity index (χ0) is 31.3. The van der Waals surface area contributed by atoms with Crippen LogP contribution in [0.5, 0.6) is 0 Å². The van der Waals surface area contributed by atoms with Crippen LogP contribution < -0.4 is 0 Å². The lowest BCUT2D eigenvalue weighted by molar-refractivity contribution is -0.140. The molecule has 42 heavy (non-hydrogen) atoms. The van der Waals surface area contributed by atoms with E-state index in [4.69, 9.17) is 4.84 Å². The predicted molar refractivity (Wildman–Crippen MR) is 141 cm³/mol. The number of hydrogen-bond acceptors (Lipinski definition) is 6. The molecule has 0 radical (unpaired) electrons. The average molecular weight is 617 g/mol. The van der Waals surface area contributed by atoms with Gasteiger partial charge < -0.3 is 9.57 Å². The minimum atomic E-state index is -4.60. The number of aryl methyl sites for hydroxylation is 1. The van der Waals surface area contributed by atoms with Crippen LogP contribution in [0, 0.1) is 6.92 Å². The minimum absolute atomic E-state index is 0.0612. The minimum Gasteiger partial charge on any atom is -0.469 e. The highest BCUT2D eigenvalue weighted by molar-refractivity contribution is 7.89. The molecule has 3 aromatic carbocycles. The quantitative estimate of drug-likeness (QED) is 0.0940. The number of nitrogens with zero attached hydrogens (tertiary/aromatic N) is 2. The number of rotatable bonds is 10. The van der Waals surface area contributed by atoms with Gasteiger partial charge in [0.25, 0.3) is 0 Å². The second kappa shape index (κ2) is 12.9. The molecular weight excluding hydrogens is 590 g/mol. The summed E-state index contributed by atoms with van der Waals surface area (Å²) in [5.41, 5.74) is -0.515. The van der Waals surface area contributed by atoms with Crippen LogP contribution in [0.15, 0.2) is 76.8 Å². The maximum absolute atomic E-state index is 13.1. The Hall–Kier alpha value is -3.91. The first-order chi connectivity index (χ1) is 19.5. The van der Waals surface area contributed by atoms with Gasteiger partial charge in [0.2, 0.25) is 10.0 Å². The molecule has 0 amide bonds. The first-order valence-corrected chi connectivity index (χ1v) is 13.7. The van der Waals surface area contributed by atoms with Crippen LogP contribution in [0.1, 0.15) is 33.4 Å². The number of esters is 1. The molecule has 0 fully saturated rings. The van der Waals surface area contributed by atoms with E-state index < -0.39 is 39.5 Å². The van der Waals surface area contributed by atoms with Gasteiger partial charge in [0, 0.05) is 18.2 Å². The highest BCUT2D eigenvalue weighted by atomic mass is 32.2. The van der Waals surface area contributed by atoms with Gasteiger partial charge >= 0.3 is 18.3 Å². The number of likely N-dealkylation sites (N-methyl/N-ethyl adjacent to an activating group) is 1. The molecule has 3 rings (SSSR count). The fourth-order valence-corrected chi connectivity index (χ4v) is 4.92. The van der Waals surface area contributed by atoms with Gasteiger partial charge in [0.1, 0.15) is 12.3 Å². The first kappa shape index (κ1) is 32.6. The highest BCUT2D eigenvalue weighted by Gasteiger charge is 2.31. The lowest BCUT2D eigenvalue weighted by Gasteiger charge is -2.18. The van der Waals surface area contributed by atoms with E-state index in [2.05, 4.69) is 9.89 Å². The highest BCUT2D eigenvalue weighted by Crippen LogP contribution is 2.31. The maximum Gasteiger partial charge on any atom is 0.416 e. The van der Waals surface area contributed by atoms with Crippen LogP contribution in [0.2, 0.25) is 0 Å². The van der Waals surface area contributed by atoms with E-state index in [9.17, 15) is 39.6 Å². The molecule has 0 atom stereocenters. The second-order valence-corrected chi connectivity index (χ2v) is 11.1. The van der Waals surface area contributed by atoms with Gasteiger partial charge in [-0.05, 0) is 54.4 Å². The topological polar surface area (TPSA) is 85.3 Å². The third kappa shape index (κ3) is 8.10. The van der Waals surface area contributed by atoms with Crippen LogP contribution in [0.4, 0.5) is 26.3 Å². The van der Waals surface area contributed by atoms with E-state index in [0.29, 0.717) is 11.1 Å². The van der Waals surface area contributed by atoms with Gasteiger partial charge in [-0.1, -0.05) is 35.5 Å². The molecule has 226 valence electrons. The average Bonchev–Trinajstić information content (AvgIpc) is 2.93. The zero-order valence-corrected chi connectivity index (χ0v) is 23.4. The first-order valence-electron chi connectivity index (χ1n) is 12.2. The molecule has 3 aromatic rings. The fraction of sp³-hybridized carbons (Fsp3) is 0.286. The number of benzene rings is 3. The van der Waals surface area contributed by atoms with E-state index in [0.717, 1.165) is 52.8 Å². The van der Waals surface area contributed by atoms with E-state index in [-0.39, 0.29) is 41.3 Å². The van der Waals surface area contributed by atoms with Gasteiger partial charge in [-0.3, -0.25) is 4.79 Å². The lowest BCUT2D eigenvalue weighted by Crippen LogP contribution is -2.30. The molecule has 0 N–H and O–H groups in total. The van der Waals surface area contributed by atoms with Gasteiger partial charge in [-0.25, -0.2) is 8.42 Å². The SMILES string of the molecule is COC(=O)Cc1cc(S(=O)(=O)N(C)CCON=C(c2ccc(C(F)(F)F)cc2)c2ccc(C(F)(F)F)cc2)ccc1C. The monoisotopic (exact) mass is 616 g/mol. The molecule has 7 nitrogen and oxygen atoms in total. The van der Waals surface area contributed by atoms with E-state index in [1.165, 1.54) is 26.3 Å². The van der Waals surface area contributed by atoms with E-state index >= 15 is 0 Å². The Morgan fingerprint density at radius 1 is 0.857 bits per heavy atom. The number of halogens is 6. The largest absolute Gasteiger partial charge is 0.469 e. The lowest BCUT2D eigenvalue weighted by atomic mass is 10.00. The third-order valence-electron chi connectivity index (χ3n) is 6.22. The molecule has 0 saturated carbocycles. The fourth-order valence-electron chi connectivity index (χ4n) is 3.71. The number of alkyl halides is 6. The van der Waals surface area contributed by atoms with E-state index in [1.807, 2.05) is 0 Å². The summed E-state index contributed by atoms with van der Waals surface area (Å²) in [4.78, 5) is 16.9. The van der Waals surface area contributed by atoms with Crippen molar-refractivity contribution in [3.05, 3.63) is 100 Å². The number of ether oxygens (including phenoxy) is 1. The number of oxime groups is 1. The van der Waals surface area contributed by atoms with Crippen molar-refractivity contribution in [2.75, 3.05) is 27.3 Å². The van der Waals surface area contributed by atoms with Gasteiger partial charge in [0.15, 0.2) is 0 Å². The van der Waals surface area contributed by atoms with Crippen molar-refractivity contribution >= 4 is 21.7 Å². The number of sulfonamides is 1. The predicted octanol–water partition coefficient (Wildman–Crippen LogP) is 5.84. The second-order valence-electron chi connectivity index (χ2n) is 9.09. The Labute approximate surface area is 238 Å². The summed E-state index contributed by atoms with van der Waals surface area (Å²) in [6.07, 6.45) is -9.33. The molecule has 0 aliphatic heterocycles. The summed E-state index contributed by atoms with van der Waals surface area (Å²) in [5, 5.41) is 3.92. The van der Waals surface area contributed by atoms with Crippen molar-refractivity contribution in [3.63, 3.8) is 0 Å². The Balaban J connectivity index is 1.81. The van der Waals surface area contributed by atoms with Crippen molar-refractivity contribution in [2.24, 2.45) is 5.16 Å². The molecule has 0 saturated heterocycles. The zero-order valence-electron chi connectivity index (χ0n) is 22.6. The Morgan fingerprint density at radius 3 is 1.81 bits per heavy atom. The summed E-state index contributed by atoms with van der Waals surface area (Å²) >= 11 is 0. The maximum atomic E-state index is 13.1. The molecule has 0 unspecified atom stereocenters. The van der Waals surface area contributed by atoms with Crippen LogP contribution >= 0.6 is 0 Å². The molecule has 0 aliphatic rings. The standard InChI is InChI=1S/C28H26F6N2O5S/c1-18-4-13-24(16-21(18)17-25(37)40-3)42(38,39)36(2)14-15-41-35-26(19-5-9-22(10-6-19)27(29,30)31)20-7-11-23(12-8-20)28(32,33)34/h4-13,16H,14-15,17H2,1-3H3. The van der Waals surface area contributed by atoms with Crippen LogP contribution in [-0.4, -0.2) is 51.7 Å². The number of hydrogen-bond donors (Lipinski definition) is 0. The molecule has 0 heterocycles. The molecule has 0 bridgehead atoms. The van der Waals surface area contributed by atoms with Gasteiger partial charge in [-0.15, -0.1) is 0 Å². The molecule has 0 aliphatic carbocycles. The summed E-state index contributed by atoms with van der Waals surface area (Å²) in [7, 11) is -1.52. The third-order valence-corrected chi connectivity index (χ3v) is 8.07. The van der Waals surface area contributed by atoms with Crippen molar-refractivity contribution in [1.29, 1.82) is 0 Å². The van der Waals surface area contributed by atoms with Crippen molar-refractivity contribution in [2.45, 2.75) is 30.6 Å². The van der Waals surface area contributed by atoms with E-state index in [1.54, 1.807) is 13.0 Å². The number of carbonyl (C=O) groups is 1. The van der Waals surface area contributed by atoms with Crippen LogP contribution in [0.3, 0.4) is 0 Å². The van der Waals surface area contributed by atoms with Crippen molar-refractivity contribution in [3.8, 4) is 0 Å². The van der Waals surface area contributed by atoms with Gasteiger partial charge in [-0.2, -0.15) is 30.6 Å². The number of methoxy groups -OCH3 is 1. The Morgan fingerprint density at radius 2 is 1.36 bits per heavy atom. The smallest absolute Gasteiger partial charge is 0.416 e. The Kier molecular flexibility index (Phi) is 10.0. The van der Waals surface area contributed by atoms with Gasteiger partial charge in [0.05, 0.1) is 36.1 Å². The van der Waals surface area contributed by atoms with Crippen LogP contribution in [-0.2, 0) is 43.2 Å². The van der Waals surface area contributed by atoms with Crippen LogP contribution in [0.25, 0.3) is 0 Å². The molecule has 0 spiro atoms. The van der Waals surface area contributed by atoms with Crippen molar-refractivity contribution in [1.82, 2.24) is 4.31 Å². The molecule has 14 heteroatoms. The normalized spacial score (nSPS) is 12.2. The van der Waals surface area contributed by atoms with Crippen molar-refractivity contribution < 1.29 is 49.1 Å². The summed E-state index contributed by atoms with van der Waals surface area (Å²) in [6.45, 7) is 1.20.